The topological polar surface area (TPSA) is 92.5 Å². The van der Waals surface area contributed by atoms with Gasteiger partial charge in [-0.05, 0) is 59.4 Å². The van der Waals surface area contributed by atoms with Crippen LogP contribution < -0.4 is 10.2 Å². The first-order chi connectivity index (χ1) is 20.9. The molecule has 0 radical (unpaired) electrons. The maximum atomic E-state index is 14.1. The number of anilines is 1. The van der Waals surface area contributed by atoms with Crippen molar-refractivity contribution >= 4 is 34.6 Å². The van der Waals surface area contributed by atoms with Crippen LogP contribution in [0.5, 0.6) is 0 Å². The minimum absolute atomic E-state index is 0.0248. The van der Waals surface area contributed by atoms with Crippen LogP contribution in [0.2, 0.25) is 0 Å². The van der Waals surface area contributed by atoms with E-state index in [1.165, 1.54) is 40.2 Å². The molecule has 2 heterocycles. The molecule has 1 aliphatic heterocycles. The lowest BCUT2D eigenvalue weighted by Crippen LogP contribution is -2.33. The fourth-order valence-electron chi connectivity index (χ4n) is 4.65. The first-order valence-electron chi connectivity index (χ1n) is 13.7. The van der Waals surface area contributed by atoms with Crippen LogP contribution in [0.1, 0.15) is 49.3 Å². The number of hydrogen-bond donors (Lipinski definition) is 1. The van der Waals surface area contributed by atoms with Crippen LogP contribution in [0.25, 0.3) is 17.1 Å². The SMILES string of the molecule is CC(C)c1ccc(F)cc1N1C(=O)CSC1=NC(=O)NCC(C)c1ccc(-c2ncn(-c3ccc(C(F)(F)F)cc3)n2)cc1. The van der Waals surface area contributed by atoms with Crippen molar-refractivity contribution < 1.29 is 27.2 Å². The standard InChI is InChI=1S/C31H28F4N6O2S/c1-18(2)25-13-10-23(32)14-26(25)41-27(42)16-44-30(41)38-29(43)36-15-19(3)20-4-6-21(7-5-20)28-37-17-40(39-28)24-11-8-22(9-12-24)31(33,34)35/h4-14,17-19H,15-16H2,1-3H3,(H,36,43). The number of alkyl halides is 3. The minimum atomic E-state index is -4.42. The number of thioether (sulfide) groups is 1. The highest BCUT2D eigenvalue weighted by Crippen LogP contribution is 2.34. The zero-order chi connectivity index (χ0) is 31.6. The molecule has 4 aromatic rings. The fourth-order valence-corrected chi connectivity index (χ4v) is 5.51. The summed E-state index contributed by atoms with van der Waals surface area (Å²) in [4.78, 5) is 35.1. The number of benzene rings is 3. The summed E-state index contributed by atoms with van der Waals surface area (Å²) in [6.45, 7) is 6.08. The van der Waals surface area contributed by atoms with E-state index in [-0.39, 0.29) is 35.2 Å². The van der Waals surface area contributed by atoms with Gasteiger partial charge in [0.1, 0.15) is 12.1 Å². The molecule has 1 fully saturated rings. The number of nitrogens with one attached hydrogen (secondary N) is 1. The van der Waals surface area contributed by atoms with Crippen molar-refractivity contribution in [1.29, 1.82) is 0 Å². The van der Waals surface area contributed by atoms with Crippen LogP contribution in [-0.4, -0.2) is 44.2 Å². The molecular formula is C31H28F4N6O2S. The van der Waals surface area contributed by atoms with Gasteiger partial charge in [0.15, 0.2) is 11.0 Å². The van der Waals surface area contributed by atoms with Crippen molar-refractivity contribution in [3.8, 4) is 17.1 Å². The highest BCUT2D eigenvalue weighted by molar-refractivity contribution is 8.15. The summed E-state index contributed by atoms with van der Waals surface area (Å²) >= 11 is 1.12. The van der Waals surface area contributed by atoms with E-state index in [4.69, 9.17) is 0 Å². The number of hydrogen-bond acceptors (Lipinski definition) is 5. The Morgan fingerprint density at radius 2 is 1.75 bits per heavy atom. The molecule has 0 saturated carbocycles. The Morgan fingerprint density at radius 3 is 2.41 bits per heavy atom. The number of carbonyl (C=O) groups excluding carboxylic acids is 2. The third kappa shape index (κ3) is 6.83. The second-order valence-electron chi connectivity index (χ2n) is 10.5. The molecule has 0 spiro atoms. The molecule has 1 aromatic heterocycles. The van der Waals surface area contributed by atoms with Gasteiger partial charge in [0.25, 0.3) is 0 Å². The van der Waals surface area contributed by atoms with Crippen LogP contribution in [0.15, 0.2) is 78.0 Å². The molecule has 8 nitrogen and oxygen atoms in total. The first-order valence-corrected chi connectivity index (χ1v) is 14.7. The number of urea groups is 1. The van der Waals surface area contributed by atoms with Gasteiger partial charge in [-0.15, -0.1) is 5.10 Å². The lowest BCUT2D eigenvalue weighted by atomic mass is 10.00. The monoisotopic (exact) mass is 624 g/mol. The van der Waals surface area contributed by atoms with Gasteiger partial charge in [-0.1, -0.05) is 62.9 Å². The molecule has 0 bridgehead atoms. The maximum absolute atomic E-state index is 14.1. The predicted molar refractivity (Wildman–Crippen MR) is 161 cm³/mol. The quantitative estimate of drug-likeness (QED) is 0.220. The minimum Gasteiger partial charge on any atom is -0.336 e. The lowest BCUT2D eigenvalue weighted by molar-refractivity contribution is -0.137. The van der Waals surface area contributed by atoms with E-state index in [1.54, 1.807) is 6.07 Å². The molecule has 1 atom stereocenters. The highest BCUT2D eigenvalue weighted by Gasteiger charge is 2.33. The molecule has 44 heavy (non-hydrogen) atoms. The van der Waals surface area contributed by atoms with Crippen LogP contribution in [0.4, 0.5) is 28.0 Å². The van der Waals surface area contributed by atoms with Crippen molar-refractivity contribution in [2.45, 2.75) is 38.8 Å². The molecule has 3 aromatic carbocycles. The highest BCUT2D eigenvalue weighted by atomic mass is 32.2. The van der Waals surface area contributed by atoms with E-state index in [0.29, 0.717) is 22.8 Å². The van der Waals surface area contributed by atoms with Gasteiger partial charge >= 0.3 is 12.2 Å². The molecule has 1 N–H and O–H groups in total. The summed E-state index contributed by atoms with van der Waals surface area (Å²) in [5.74, 6) is -0.324. The van der Waals surface area contributed by atoms with Gasteiger partial charge in [-0.3, -0.25) is 9.69 Å². The molecule has 0 aliphatic carbocycles. The number of aromatic nitrogens is 3. The van der Waals surface area contributed by atoms with Gasteiger partial charge in [0, 0.05) is 12.1 Å². The van der Waals surface area contributed by atoms with Crippen LogP contribution in [-0.2, 0) is 11.0 Å². The molecule has 1 saturated heterocycles. The van der Waals surface area contributed by atoms with E-state index in [2.05, 4.69) is 20.4 Å². The van der Waals surface area contributed by atoms with Crippen molar-refractivity contribution in [2.24, 2.45) is 4.99 Å². The van der Waals surface area contributed by atoms with Gasteiger partial charge in [0.05, 0.1) is 22.7 Å². The van der Waals surface area contributed by atoms with Crippen molar-refractivity contribution in [1.82, 2.24) is 20.1 Å². The van der Waals surface area contributed by atoms with E-state index >= 15 is 0 Å². The Balaban J connectivity index is 1.22. The molecule has 1 aliphatic rings. The number of aliphatic imine (C=N–C) groups is 1. The molecule has 228 valence electrons. The number of amidine groups is 1. The maximum Gasteiger partial charge on any atom is 0.416 e. The van der Waals surface area contributed by atoms with Gasteiger partial charge < -0.3 is 5.32 Å². The molecule has 13 heteroatoms. The summed E-state index contributed by atoms with van der Waals surface area (Å²) in [6.07, 6.45) is -2.99. The zero-order valence-electron chi connectivity index (χ0n) is 24.0. The van der Waals surface area contributed by atoms with E-state index in [1.807, 2.05) is 45.0 Å². The smallest absolute Gasteiger partial charge is 0.336 e. The number of amides is 3. The van der Waals surface area contributed by atoms with Crippen LogP contribution in [0.3, 0.4) is 0 Å². The predicted octanol–water partition coefficient (Wildman–Crippen LogP) is 7.16. The first kappa shape index (κ1) is 30.9. The van der Waals surface area contributed by atoms with Gasteiger partial charge in [-0.25, -0.2) is 18.9 Å². The summed E-state index contributed by atoms with van der Waals surface area (Å²) < 4.78 is 54.0. The summed E-state index contributed by atoms with van der Waals surface area (Å²) in [5, 5.41) is 7.35. The summed E-state index contributed by atoms with van der Waals surface area (Å²) in [7, 11) is 0. The van der Waals surface area contributed by atoms with Gasteiger partial charge in [-0.2, -0.15) is 18.2 Å². The lowest BCUT2D eigenvalue weighted by Gasteiger charge is -2.21. The largest absolute Gasteiger partial charge is 0.416 e. The van der Waals surface area contributed by atoms with Gasteiger partial charge in [0.2, 0.25) is 5.91 Å². The Kier molecular flexibility index (Phi) is 8.86. The number of nitrogens with zero attached hydrogens (tertiary/aromatic N) is 5. The summed E-state index contributed by atoms with van der Waals surface area (Å²) in [6, 6.07) is 15.7. The number of rotatable bonds is 7. The molecule has 3 amide bonds. The molecule has 5 rings (SSSR count). The average Bonchev–Trinajstić information content (AvgIpc) is 3.62. The van der Waals surface area contributed by atoms with Crippen molar-refractivity contribution in [3.63, 3.8) is 0 Å². The van der Waals surface area contributed by atoms with Crippen LogP contribution >= 0.6 is 11.8 Å². The summed E-state index contributed by atoms with van der Waals surface area (Å²) in [5.41, 5.74) is 2.50. The van der Waals surface area contributed by atoms with E-state index in [0.717, 1.165) is 35.0 Å². The molecule has 1 unspecified atom stereocenters. The Hall–Kier alpha value is -4.52. The fraction of sp³-hybridized carbons (Fsp3) is 0.258. The zero-order valence-corrected chi connectivity index (χ0v) is 24.8. The second kappa shape index (κ2) is 12.6. The average molecular weight is 625 g/mol. The Labute approximate surface area is 255 Å². The van der Waals surface area contributed by atoms with E-state index in [9.17, 15) is 27.2 Å². The van der Waals surface area contributed by atoms with Crippen molar-refractivity contribution in [2.75, 3.05) is 17.2 Å². The van der Waals surface area contributed by atoms with Crippen LogP contribution in [0, 0.1) is 5.82 Å². The second-order valence-corrected chi connectivity index (χ2v) is 11.5. The van der Waals surface area contributed by atoms with Crippen molar-refractivity contribution in [3.05, 3.63) is 95.6 Å². The molecular weight excluding hydrogens is 596 g/mol. The Morgan fingerprint density at radius 1 is 1.05 bits per heavy atom. The normalized spacial score (nSPS) is 15.3. The third-order valence-corrected chi connectivity index (χ3v) is 7.99. The third-order valence-electron chi connectivity index (χ3n) is 7.07. The van der Waals surface area contributed by atoms with E-state index < -0.39 is 23.6 Å². The number of halogens is 4. The number of carbonyl (C=O) groups is 2. The Bertz CT molecular complexity index is 1700.